The molecule has 1 saturated carbocycles. The zero-order valence-electron chi connectivity index (χ0n) is 23.7. The zero-order valence-corrected chi connectivity index (χ0v) is 24.5. The molecule has 1 aromatic heterocycles. The number of fused-ring (bicyclic) bond motifs is 4. The third-order valence-electron chi connectivity index (χ3n) is 8.99. The SMILES string of the molecule is COC1=CC2C=C3Cn4c(c(C5CCCCC5)c5ccc(cc54)C(=O)NS(=O)(=O)NCCCCN(C)C3=O)C2C=C1. The minimum atomic E-state index is -4.02. The molecular formula is C31H38N4O5S. The molecule has 6 rings (SSSR count). The molecule has 2 aromatic rings. The number of amides is 2. The summed E-state index contributed by atoms with van der Waals surface area (Å²) in [5, 5.41) is 1.07. The van der Waals surface area contributed by atoms with Crippen LogP contribution in [0.1, 0.15) is 78.4 Å². The van der Waals surface area contributed by atoms with E-state index < -0.39 is 16.1 Å². The Morgan fingerprint density at radius 3 is 2.61 bits per heavy atom. The van der Waals surface area contributed by atoms with Crippen molar-refractivity contribution in [1.29, 1.82) is 0 Å². The number of methoxy groups -OCH3 is 1. The van der Waals surface area contributed by atoms with Crippen LogP contribution in [0, 0.1) is 5.92 Å². The number of hydrogen-bond donors (Lipinski definition) is 2. The van der Waals surface area contributed by atoms with Crippen LogP contribution in [0.2, 0.25) is 0 Å². The van der Waals surface area contributed by atoms with Gasteiger partial charge in [0.05, 0.1) is 13.7 Å². The summed E-state index contributed by atoms with van der Waals surface area (Å²) < 4.78 is 37.6. The lowest BCUT2D eigenvalue weighted by Gasteiger charge is -2.28. The Balaban J connectivity index is 1.59. The largest absolute Gasteiger partial charge is 0.497 e. The molecule has 2 amide bonds. The maximum Gasteiger partial charge on any atom is 0.301 e. The number of likely N-dealkylation sites (N-methyl/N-ethyl adjacent to an activating group) is 1. The minimum Gasteiger partial charge on any atom is -0.497 e. The van der Waals surface area contributed by atoms with Crippen LogP contribution in [0.25, 0.3) is 10.9 Å². The van der Waals surface area contributed by atoms with Crippen LogP contribution in [0.15, 0.2) is 53.8 Å². The van der Waals surface area contributed by atoms with E-state index in [1.54, 1.807) is 31.2 Å². The van der Waals surface area contributed by atoms with E-state index in [0.717, 1.165) is 29.5 Å². The monoisotopic (exact) mass is 578 g/mol. The molecular weight excluding hydrogens is 540 g/mol. The summed E-state index contributed by atoms with van der Waals surface area (Å²) in [4.78, 5) is 28.8. The lowest BCUT2D eigenvalue weighted by Crippen LogP contribution is -2.40. The standard InChI is InChI=1S/C31H38N4O5S/c1-34-15-7-6-14-32-41(38,39)33-30(36)21-10-12-26-27(18-21)35-19-23(31(34)37)16-22-17-24(40-2)11-13-25(22)29(35)28(26)20-8-4-3-5-9-20/h10-13,16-18,20,22,25,32H,3-9,14-15,19H2,1-2H3,(H,33,36). The summed E-state index contributed by atoms with van der Waals surface area (Å²) in [6, 6.07) is 5.47. The van der Waals surface area contributed by atoms with Crippen molar-refractivity contribution in [2.24, 2.45) is 5.92 Å². The highest BCUT2D eigenvalue weighted by Crippen LogP contribution is 2.47. The Labute approximate surface area is 241 Å². The highest BCUT2D eigenvalue weighted by Gasteiger charge is 2.36. The average molecular weight is 579 g/mol. The zero-order chi connectivity index (χ0) is 28.7. The van der Waals surface area contributed by atoms with Crippen molar-refractivity contribution in [1.82, 2.24) is 18.9 Å². The lowest BCUT2D eigenvalue weighted by atomic mass is 9.77. The molecule has 0 spiro atoms. The number of nitrogens with one attached hydrogen (secondary N) is 2. The summed E-state index contributed by atoms with van der Waals surface area (Å²) in [5.41, 5.74) is 4.29. The number of allylic oxidation sites excluding steroid dienone is 4. The Hall–Kier alpha value is -3.37. The van der Waals surface area contributed by atoms with Crippen LogP contribution in [0.4, 0.5) is 0 Å². The van der Waals surface area contributed by atoms with E-state index in [1.807, 2.05) is 12.1 Å². The molecule has 10 heteroatoms. The number of hydrogen-bond acceptors (Lipinski definition) is 5. The van der Waals surface area contributed by atoms with Gasteiger partial charge < -0.3 is 14.2 Å². The van der Waals surface area contributed by atoms with Crippen molar-refractivity contribution < 1.29 is 22.7 Å². The van der Waals surface area contributed by atoms with Crippen LogP contribution in [-0.2, 0) is 26.3 Å². The predicted molar refractivity (Wildman–Crippen MR) is 158 cm³/mol. The van der Waals surface area contributed by atoms with Crippen LogP contribution >= 0.6 is 0 Å². The number of benzene rings is 1. The second-order valence-corrected chi connectivity index (χ2v) is 13.1. The smallest absolute Gasteiger partial charge is 0.301 e. The first-order valence-corrected chi connectivity index (χ1v) is 16.1. The van der Waals surface area contributed by atoms with Crippen molar-refractivity contribution in [2.75, 3.05) is 27.2 Å². The number of aromatic nitrogens is 1. The van der Waals surface area contributed by atoms with E-state index in [9.17, 15) is 18.0 Å². The molecule has 4 aliphatic rings. The molecule has 1 fully saturated rings. The van der Waals surface area contributed by atoms with Crippen molar-refractivity contribution in [3.8, 4) is 0 Å². The number of nitrogens with zero attached hydrogens (tertiary/aromatic N) is 2. The van der Waals surface area contributed by atoms with Gasteiger partial charge in [0.1, 0.15) is 5.76 Å². The van der Waals surface area contributed by atoms with Crippen molar-refractivity contribution >= 4 is 32.9 Å². The van der Waals surface area contributed by atoms with Crippen molar-refractivity contribution in [3.63, 3.8) is 0 Å². The third kappa shape index (κ3) is 5.35. The van der Waals surface area contributed by atoms with Gasteiger partial charge in [0.2, 0.25) is 0 Å². The van der Waals surface area contributed by atoms with Gasteiger partial charge in [0, 0.05) is 59.7 Å². The van der Waals surface area contributed by atoms with E-state index >= 15 is 0 Å². The van der Waals surface area contributed by atoms with Gasteiger partial charge in [-0.15, -0.1) is 0 Å². The summed E-state index contributed by atoms with van der Waals surface area (Å²) >= 11 is 0. The number of carbonyl (C=O) groups excluding carboxylic acids is 2. The van der Waals surface area contributed by atoms with E-state index in [0.29, 0.717) is 37.4 Å². The first kappa shape index (κ1) is 27.8. The Morgan fingerprint density at radius 1 is 1.02 bits per heavy atom. The van der Waals surface area contributed by atoms with E-state index in [4.69, 9.17) is 4.74 Å². The average Bonchev–Trinajstić information content (AvgIpc) is 3.18. The van der Waals surface area contributed by atoms with Crippen LogP contribution in [-0.4, -0.2) is 56.9 Å². The molecule has 9 nitrogen and oxygen atoms in total. The quantitative estimate of drug-likeness (QED) is 0.554. The topological polar surface area (TPSA) is 110 Å². The molecule has 2 aliphatic heterocycles. The summed E-state index contributed by atoms with van der Waals surface area (Å²) in [6.07, 6.45) is 15.3. The molecule has 4 bridgehead atoms. The predicted octanol–water partition coefficient (Wildman–Crippen LogP) is 4.25. The lowest BCUT2D eigenvalue weighted by molar-refractivity contribution is -0.126. The van der Waals surface area contributed by atoms with E-state index in [2.05, 4.69) is 32.2 Å². The molecule has 41 heavy (non-hydrogen) atoms. The normalized spacial score (nSPS) is 25.5. The summed E-state index contributed by atoms with van der Waals surface area (Å²) in [7, 11) is -0.552. The molecule has 3 heterocycles. The first-order chi connectivity index (χ1) is 19.8. The number of rotatable bonds is 2. The van der Waals surface area contributed by atoms with Gasteiger partial charge in [-0.05, 0) is 61.4 Å². The van der Waals surface area contributed by atoms with Gasteiger partial charge in [-0.25, -0.2) is 4.72 Å². The van der Waals surface area contributed by atoms with Crippen LogP contribution in [0.3, 0.4) is 0 Å². The fourth-order valence-electron chi connectivity index (χ4n) is 6.96. The Bertz CT molecular complexity index is 1580. The molecule has 2 unspecified atom stereocenters. The first-order valence-electron chi connectivity index (χ1n) is 14.6. The fourth-order valence-corrected chi connectivity index (χ4v) is 7.81. The van der Waals surface area contributed by atoms with Crippen LogP contribution < -0.4 is 9.44 Å². The van der Waals surface area contributed by atoms with Crippen molar-refractivity contribution in [3.05, 3.63) is 70.7 Å². The van der Waals surface area contributed by atoms with Crippen LogP contribution in [0.5, 0.6) is 0 Å². The molecule has 218 valence electrons. The van der Waals surface area contributed by atoms with Crippen molar-refractivity contribution in [2.45, 2.75) is 63.3 Å². The van der Waals surface area contributed by atoms with Gasteiger partial charge in [-0.3, -0.25) is 9.59 Å². The van der Waals surface area contributed by atoms with Gasteiger partial charge >= 0.3 is 10.2 Å². The second kappa shape index (κ2) is 11.1. The number of ether oxygens (including phenoxy) is 1. The minimum absolute atomic E-state index is 0.00206. The molecule has 0 radical (unpaired) electrons. The molecule has 2 atom stereocenters. The highest BCUT2D eigenvalue weighted by molar-refractivity contribution is 7.88. The molecule has 1 aromatic carbocycles. The molecule has 0 saturated heterocycles. The Morgan fingerprint density at radius 2 is 1.83 bits per heavy atom. The van der Waals surface area contributed by atoms with Gasteiger partial charge in [-0.1, -0.05) is 37.5 Å². The molecule has 2 N–H and O–H groups in total. The summed E-state index contributed by atoms with van der Waals surface area (Å²) in [6.45, 7) is 1.04. The van der Waals surface area contributed by atoms with Gasteiger partial charge in [0.15, 0.2) is 0 Å². The van der Waals surface area contributed by atoms with E-state index in [-0.39, 0.29) is 29.9 Å². The third-order valence-corrected chi connectivity index (χ3v) is 10.0. The van der Waals surface area contributed by atoms with Gasteiger partial charge in [-0.2, -0.15) is 13.1 Å². The second-order valence-electron chi connectivity index (χ2n) is 11.6. The Kier molecular flexibility index (Phi) is 7.54. The summed E-state index contributed by atoms with van der Waals surface area (Å²) in [5.74, 6) is 0.373. The maximum absolute atomic E-state index is 13.9. The maximum atomic E-state index is 13.9. The fraction of sp³-hybridized carbons (Fsp3) is 0.484. The van der Waals surface area contributed by atoms with E-state index in [1.165, 1.54) is 30.5 Å². The highest BCUT2D eigenvalue weighted by atomic mass is 32.2. The number of carbonyl (C=O) groups is 2. The molecule has 2 aliphatic carbocycles. The van der Waals surface area contributed by atoms with Gasteiger partial charge in [0.25, 0.3) is 11.8 Å².